The number of carboxylic acids is 1. The van der Waals surface area contributed by atoms with Crippen molar-refractivity contribution >= 4 is 21.9 Å². The van der Waals surface area contributed by atoms with Crippen LogP contribution in [0.5, 0.6) is 0 Å². The van der Waals surface area contributed by atoms with Crippen LogP contribution in [0.4, 0.5) is 4.39 Å². The van der Waals surface area contributed by atoms with Gasteiger partial charge in [-0.15, -0.1) is 10.2 Å². The number of rotatable bonds is 5. The molecule has 7 heteroatoms. The lowest BCUT2D eigenvalue weighted by Gasteiger charge is -1.99. The zero-order chi connectivity index (χ0) is 13.8. The Morgan fingerprint density at radius 3 is 2.95 bits per heavy atom. The Balaban J connectivity index is 2.12. The van der Waals surface area contributed by atoms with E-state index in [4.69, 9.17) is 9.52 Å². The van der Waals surface area contributed by atoms with E-state index in [0.717, 1.165) is 0 Å². The minimum absolute atomic E-state index is 0.0307. The van der Waals surface area contributed by atoms with Crippen LogP contribution in [0, 0.1) is 5.82 Å². The second-order valence-electron chi connectivity index (χ2n) is 3.85. The summed E-state index contributed by atoms with van der Waals surface area (Å²) in [5.41, 5.74) is 0.214. The molecule has 0 aliphatic carbocycles. The van der Waals surface area contributed by atoms with Crippen LogP contribution in [0.2, 0.25) is 0 Å². The fraction of sp³-hybridized carbons (Fsp3) is 0.250. The van der Waals surface area contributed by atoms with Crippen molar-refractivity contribution in [1.29, 1.82) is 0 Å². The molecule has 0 spiro atoms. The SMILES string of the molecule is O=C(O)CCCc1nnc(-c2cccc(Br)c2F)o1. The van der Waals surface area contributed by atoms with Crippen molar-refractivity contribution in [3.8, 4) is 11.5 Å². The highest BCUT2D eigenvalue weighted by molar-refractivity contribution is 9.10. The van der Waals surface area contributed by atoms with Gasteiger partial charge in [0.1, 0.15) is 5.82 Å². The van der Waals surface area contributed by atoms with Gasteiger partial charge in [0.05, 0.1) is 10.0 Å². The van der Waals surface area contributed by atoms with Gasteiger partial charge < -0.3 is 9.52 Å². The summed E-state index contributed by atoms with van der Waals surface area (Å²) in [7, 11) is 0. The third kappa shape index (κ3) is 3.37. The number of aromatic nitrogens is 2. The molecule has 19 heavy (non-hydrogen) atoms. The third-order valence-corrected chi connectivity index (χ3v) is 3.04. The maximum atomic E-state index is 13.8. The van der Waals surface area contributed by atoms with Crippen LogP contribution in [-0.2, 0) is 11.2 Å². The Morgan fingerprint density at radius 2 is 2.21 bits per heavy atom. The predicted molar refractivity (Wildman–Crippen MR) is 68.0 cm³/mol. The van der Waals surface area contributed by atoms with Crippen molar-refractivity contribution in [1.82, 2.24) is 10.2 Å². The van der Waals surface area contributed by atoms with Crippen molar-refractivity contribution < 1.29 is 18.7 Å². The summed E-state index contributed by atoms with van der Waals surface area (Å²) in [6.45, 7) is 0. The zero-order valence-electron chi connectivity index (χ0n) is 9.77. The first-order valence-electron chi connectivity index (χ1n) is 5.56. The second kappa shape index (κ2) is 5.92. The number of carboxylic acid groups (broad SMARTS) is 1. The fourth-order valence-electron chi connectivity index (χ4n) is 1.52. The molecule has 0 saturated heterocycles. The lowest BCUT2D eigenvalue weighted by atomic mass is 10.2. The molecule has 0 unspecified atom stereocenters. The third-order valence-electron chi connectivity index (χ3n) is 2.43. The molecule has 100 valence electrons. The minimum atomic E-state index is -0.877. The normalized spacial score (nSPS) is 10.6. The molecule has 2 aromatic rings. The first-order valence-corrected chi connectivity index (χ1v) is 6.36. The van der Waals surface area contributed by atoms with Crippen LogP contribution in [0.3, 0.4) is 0 Å². The van der Waals surface area contributed by atoms with Crippen LogP contribution >= 0.6 is 15.9 Å². The van der Waals surface area contributed by atoms with Gasteiger partial charge in [-0.25, -0.2) is 4.39 Å². The average molecular weight is 329 g/mol. The molecular formula is C12H10BrFN2O3. The molecule has 1 aromatic carbocycles. The van der Waals surface area contributed by atoms with Gasteiger partial charge in [0, 0.05) is 12.8 Å². The lowest BCUT2D eigenvalue weighted by molar-refractivity contribution is -0.137. The number of carbonyl (C=O) groups is 1. The zero-order valence-corrected chi connectivity index (χ0v) is 11.4. The molecule has 1 aromatic heterocycles. The number of hydrogen-bond donors (Lipinski definition) is 1. The molecule has 0 saturated carbocycles. The van der Waals surface area contributed by atoms with Gasteiger partial charge in [0.2, 0.25) is 5.89 Å². The summed E-state index contributed by atoms with van der Waals surface area (Å²) >= 11 is 3.08. The van der Waals surface area contributed by atoms with E-state index in [1.54, 1.807) is 12.1 Å². The Hall–Kier alpha value is -1.76. The minimum Gasteiger partial charge on any atom is -0.481 e. The van der Waals surface area contributed by atoms with Gasteiger partial charge in [0.15, 0.2) is 0 Å². The molecule has 0 bridgehead atoms. The molecule has 1 heterocycles. The van der Waals surface area contributed by atoms with E-state index in [-0.39, 0.29) is 17.9 Å². The highest BCUT2D eigenvalue weighted by atomic mass is 79.9. The van der Waals surface area contributed by atoms with Crippen molar-refractivity contribution in [2.45, 2.75) is 19.3 Å². The summed E-state index contributed by atoms with van der Waals surface area (Å²) in [6.07, 6.45) is 0.788. The van der Waals surface area contributed by atoms with E-state index in [2.05, 4.69) is 26.1 Å². The smallest absolute Gasteiger partial charge is 0.303 e. The van der Waals surface area contributed by atoms with Crippen LogP contribution < -0.4 is 0 Å². The molecule has 2 rings (SSSR count). The molecule has 0 atom stereocenters. The lowest BCUT2D eigenvalue weighted by Crippen LogP contribution is -1.95. The van der Waals surface area contributed by atoms with Crippen LogP contribution in [0.1, 0.15) is 18.7 Å². The Bertz CT molecular complexity index is 600. The first-order chi connectivity index (χ1) is 9.08. The summed E-state index contributed by atoms with van der Waals surface area (Å²) in [4.78, 5) is 10.4. The van der Waals surface area contributed by atoms with Gasteiger partial charge >= 0.3 is 5.97 Å². The van der Waals surface area contributed by atoms with Gasteiger partial charge in [-0.2, -0.15) is 0 Å². The van der Waals surface area contributed by atoms with Crippen LogP contribution in [-0.4, -0.2) is 21.3 Å². The maximum Gasteiger partial charge on any atom is 0.303 e. The van der Waals surface area contributed by atoms with Crippen molar-refractivity contribution in [2.24, 2.45) is 0 Å². The first kappa shape index (κ1) is 13.7. The van der Waals surface area contributed by atoms with E-state index >= 15 is 0 Å². The number of aryl methyl sites for hydroxylation is 1. The Labute approximate surface area is 116 Å². The number of halogens is 2. The van der Waals surface area contributed by atoms with Crippen LogP contribution in [0.25, 0.3) is 11.5 Å². The van der Waals surface area contributed by atoms with E-state index < -0.39 is 11.8 Å². The summed E-state index contributed by atoms with van der Waals surface area (Å²) in [6, 6.07) is 4.77. The summed E-state index contributed by atoms with van der Waals surface area (Å²) in [5, 5.41) is 16.1. The maximum absolute atomic E-state index is 13.8. The van der Waals surface area contributed by atoms with E-state index in [1.807, 2.05) is 0 Å². The van der Waals surface area contributed by atoms with Gasteiger partial charge in [0.25, 0.3) is 5.89 Å². The molecule has 0 amide bonds. The van der Waals surface area contributed by atoms with Crippen molar-refractivity contribution in [3.63, 3.8) is 0 Å². The topological polar surface area (TPSA) is 76.2 Å². The van der Waals surface area contributed by atoms with E-state index in [0.29, 0.717) is 23.2 Å². The van der Waals surface area contributed by atoms with E-state index in [1.165, 1.54) is 6.07 Å². The number of aliphatic carboxylic acids is 1. The molecule has 5 nitrogen and oxygen atoms in total. The average Bonchev–Trinajstić information content (AvgIpc) is 2.81. The summed E-state index contributed by atoms with van der Waals surface area (Å²) in [5.74, 6) is -0.958. The molecule has 0 radical (unpaired) electrons. The Morgan fingerprint density at radius 1 is 1.42 bits per heavy atom. The van der Waals surface area contributed by atoms with Gasteiger partial charge in [-0.1, -0.05) is 6.07 Å². The number of benzene rings is 1. The van der Waals surface area contributed by atoms with Gasteiger partial charge in [-0.3, -0.25) is 4.79 Å². The summed E-state index contributed by atoms with van der Waals surface area (Å²) < 4.78 is 19.4. The Kier molecular flexibility index (Phi) is 4.26. The van der Waals surface area contributed by atoms with E-state index in [9.17, 15) is 9.18 Å². The molecular weight excluding hydrogens is 319 g/mol. The largest absolute Gasteiger partial charge is 0.481 e. The highest BCUT2D eigenvalue weighted by Crippen LogP contribution is 2.26. The van der Waals surface area contributed by atoms with Gasteiger partial charge in [-0.05, 0) is 34.5 Å². The second-order valence-corrected chi connectivity index (χ2v) is 4.70. The quantitative estimate of drug-likeness (QED) is 0.912. The molecule has 0 aliphatic rings. The predicted octanol–water partition coefficient (Wildman–Crippen LogP) is 3.05. The molecule has 1 N–H and O–H groups in total. The van der Waals surface area contributed by atoms with Crippen molar-refractivity contribution in [3.05, 3.63) is 34.4 Å². The monoisotopic (exact) mass is 328 g/mol. The fourth-order valence-corrected chi connectivity index (χ4v) is 1.89. The van der Waals surface area contributed by atoms with Crippen LogP contribution in [0.15, 0.2) is 27.1 Å². The van der Waals surface area contributed by atoms with Crippen molar-refractivity contribution in [2.75, 3.05) is 0 Å². The number of nitrogens with zero attached hydrogens (tertiary/aromatic N) is 2. The standard InChI is InChI=1S/C12H10BrFN2O3/c13-8-4-1-3-7(11(8)14)12-16-15-9(19-12)5-2-6-10(17)18/h1,3-4H,2,5-6H2,(H,17,18). The highest BCUT2D eigenvalue weighted by Gasteiger charge is 2.14. The number of hydrogen-bond acceptors (Lipinski definition) is 4. The molecule has 0 fully saturated rings. The molecule has 0 aliphatic heterocycles.